The number of hydrogen-bond donors (Lipinski definition) is 1. The van der Waals surface area contributed by atoms with Gasteiger partial charge in [0.1, 0.15) is 28.5 Å². The van der Waals surface area contributed by atoms with E-state index in [9.17, 15) is 19.3 Å². The minimum Gasteiger partial charge on any atom is -0.467 e. The van der Waals surface area contributed by atoms with Crippen LogP contribution in [0.2, 0.25) is 0 Å². The van der Waals surface area contributed by atoms with Crippen LogP contribution in [0.25, 0.3) is 22.4 Å². The molecule has 0 spiro atoms. The Labute approximate surface area is 195 Å². The van der Waals surface area contributed by atoms with E-state index in [1.807, 2.05) is 0 Å². The molecule has 0 aliphatic carbocycles. The Morgan fingerprint density at radius 1 is 1.15 bits per heavy atom. The van der Waals surface area contributed by atoms with E-state index in [0.29, 0.717) is 11.1 Å². The number of nitrogens with two attached hydrogens (primary N) is 1. The van der Waals surface area contributed by atoms with Crippen LogP contribution in [0, 0.1) is 15.9 Å². The van der Waals surface area contributed by atoms with Gasteiger partial charge >= 0.3 is 5.97 Å². The van der Waals surface area contributed by atoms with Crippen LogP contribution in [0.1, 0.15) is 31.1 Å². The molecule has 3 rings (SSSR count). The van der Waals surface area contributed by atoms with Crippen molar-refractivity contribution in [3.8, 4) is 28.1 Å². The zero-order chi connectivity index (χ0) is 25.0. The molecule has 178 valence electrons. The molecule has 1 aromatic heterocycles. The maximum absolute atomic E-state index is 13.9. The first-order valence-electron chi connectivity index (χ1n) is 10.2. The summed E-state index contributed by atoms with van der Waals surface area (Å²) in [6.45, 7) is 4.97. The van der Waals surface area contributed by atoms with Gasteiger partial charge in [0, 0.05) is 36.4 Å². The zero-order valence-corrected chi connectivity index (χ0v) is 19.1. The Bertz CT molecular complexity index is 1240. The van der Waals surface area contributed by atoms with Crippen LogP contribution in [-0.2, 0) is 9.47 Å². The van der Waals surface area contributed by atoms with E-state index in [1.165, 1.54) is 49.6 Å². The molecule has 0 fully saturated rings. The van der Waals surface area contributed by atoms with Gasteiger partial charge in [-0.05, 0) is 44.5 Å². The summed E-state index contributed by atoms with van der Waals surface area (Å²) >= 11 is 0. The fourth-order valence-electron chi connectivity index (χ4n) is 3.21. The maximum Gasteiger partial charge on any atom is 0.343 e. The van der Waals surface area contributed by atoms with Gasteiger partial charge in [0.25, 0.3) is 5.69 Å². The fraction of sp³-hybridized carbons (Fsp3) is 0.250. The second-order valence-corrected chi connectivity index (χ2v) is 8.32. The molecule has 3 aromatic rings. The summed E-state index contributed by atoms with van der Waals surface area (Å²) < 4.78 is 29.8. The number of pyridine rings is 1. The molecule has 0 atom stereocenters. The third-order valence-electron chi connectivity index (χ3n) is 4.57. The van der Waals surface area contributed by atoms with Crippen molar-refractivity contribution in [2.75, 3.05) is 19.6 Å². The van der Waals surface area contributed by atoms with Gasteiger partial charge in [-0.3, -0.25) is 10.1 Å². The molecule has 0 radical (unpaired) electrons. The first-order valence-corrected chi connectivity index (χ1v) is 10.2. The molecule has 9 nitrogen and oxygen atoms in total. The van der Waals surface area contributed by atoms with Gasteiger partial charge in [-0.2, -0.15) is 0 Å². The highest BCUT2D eigenvalue weighted by Crippen LogP contribution is 2.37. The molecule has 0 saturated carbocycles. The molecule has 10 heteroatoms. The van der Waals surface area contributed by atoms with Gasteiger partial charge in [-0.1, -0.05) is 12.1 Å². The average Bonchev–Trinajstić information content (AvgIpc) is 2.76. The normalized spacial score (nSPS) is 11.2. The average molecular weight is 469 g/mol. The molecule has 0 amide bonds. The van der Waals surface area contributed by atoms with Crippen LogP contribution in [0.15, 0.2) is 48.5 Å². The second-order valence-electron chi connectivity index (χ2n) is 8.32. The summed E-state index contributed by atoms with van der Waals surface area (Å²) in [5.41, 5.74) is 6.44. The summed E-state index contributed by atoms with van der Waals surface area (Å²) in [6, 6.07) is 11.1. The minimum atomic E-state index is -0.819. The number of non-ortho nitro benzene ring substituents is 1. The summed E-state index contributed by atoms with van der Waals surface area (Å²) in [7, 11) is 1.42. The van der Waals surface area contributed by atoms with E-state index in [1.54, 1.807) is 26.8 Å². The maximum atomic E-state index is 13.9. The Hall–Kier alpha value is -4.05. The zero-order valence-electron chi connectivity index (χ0n) is 19.1. The number of nitrogen functional groups attached to an aromatic ring is 1. The van der Waals surface area contributed by atoms with Crippen molar-refractivity contribution in [3.63, 3.8) is 0 Å². The number of aromatic nitrogens is 1. The van der Waals surface area contributed by atoms with E-state index < -0.39 is 22.3 Å². The summed E-state index contributed by atoms with van der Waals surface area (Å²) in [5, 5.41) is 11.3. The number of carbonyl (C=O) groups is 1. The van der Waals surface area contributed by atoms with E-state index in [-0.39, 0.29) is 40.9 Å². The monoisotopic (exact) mass is 469 g/mol. The second kappa shape index (κ2) is 9.84. The van der Waals surface area contributed by atoms with Crippen LogP contribution in [0.5, 0.6) is 5.75 Å². The number of ether oxygens (including phenoxy) is 3. The highest BCUT2D eigenvalue weighted by molar-refractivity contribution is 6.03. The SMILES string of the molecule is COCOc1cc(F)ccc1-c1cc(-c2cccc([N+](=O)[O-])c2)c(C(=O)OC(C)(C)C)c(N)n1. The van der Waals surface area contributed by atoms with Crippen molar-refractivity contribution >= 4 is 17.5 Å². The Balaban J connectivity index is 2.26. The molecule has 1 heterocycles. The van der Waals surface area contributed by atoms with Crippen LogP contribution in [-0.4, -0.2) is 35.4 Å². The topological polar surface area (TPSA) is 127 Å². The highest BCUT2D eigenvalue weighted by atomic mass is 19.1. The van der Waals surface area contributed by atoms with E-state index in [2.05, 4.69) is 4.98 Å². The van der Waals surface area contributed by atoms with Gasteiger partial charge < -0.3 is 19.9 Å². The first kappa shape index (κ1) is 24.6. The molecule has 0 unspecified atom stereocenters. The van der Waals surface area contributed by atoms with Crippen LogP contribution < -0.4 is 10.5 Å². The van der Waals surface area contributed by atoms with Gasteiger partial charge in [-0.25, -0.2) is 14.2 Å². The van der Waals surface area contributed by atoms with Crippen LogP contribution in [0.3, 0.4) is 0 Å². The van der Waals surface area contributed by atoms with E-state index in [4.69, 9.17) is 19.9 Å². The minimum absolute atomic E-state index is 0.0411. The number of nitrogens with zero attached hydrogens (tertiary/aromatic N) is 2. The third-order valence-corrected chi connectivity index (χ3v) is 4.57. The van der Waals surface area contributed by atoms with Crippen molar-refractivity contribution in [1.29, 1.82) is 0 Å². The molecule has 2 aromatic carbocycles. The number of anilines is 1. The standard InChI is InChI=1S/C24H24FN3O6/c1-24(2,3)34-23(29)21-18(14-6-5-7-16(10-14)28(30)31)12-19(27-22(21)26)17-9-8-15(25)11-20(17)33-13-32-4/h5-12H,13H2,1-4H3,(H2,26,27). The van der Waals surface area contributed by atoms with E-state index in [0.717, 1.165) is 0 Å². The molecular formula is C24H24FN3O6. The van der Waals surface area contributed by atoms with E-state index >= 15 is 0 Å². The van der Waals surface area contributed by atoms with Gasteiger partial charge in [-0.15, -0.1) is 0 Å². The van der Waals surface area contributed by atoms with Crippen molar-refractivity contribution in [3.05, 3.63) is 70.0 Å². The number of methoxy groups -OCH3 is 1. The number of nitro groups is 1. The van der Waals surface area contributed by atoms with Gasteiger partial charge in [0.2, 0.25) is 0 Å². The number of hydrogen-bond acceptors (Lipinski definition) is 8. The number of halogens is 1. The lowest BCUT2D eigenvalue weighted by Crippen LogP contribution is -2.25. The number of nitro benzene ring substituents is 1. The summed E-state index contributed by atoms with van der Waals surface area (Å²) in [4.78, 5) is 28.2. The van der Waals surface area contributed by atoms with Crippen molar-refractivity contribution in [2.45, 2.75) is 26.4 Å². The predicted octanol–water partition coefficient (Wildman–Crippen LogP) is 4.98. The Kier molecular flexibility index (Phi) is 7.11. The largest absolute Gasteiger partial charge is 0.467 e. The van der Waals surface area contributed by atoms with Crippen LogP contribution in [0.4, 0.5) is 15.9 Å². The lowest BCUT2D eigenvalue weighted by Gasteiger charge is -2.22. The fourth-order valence-corrected chi connectivity index (χ4v) is 3.21. The molecule has 2 N–H and O–H groups in total. The molecule has 0 aliphatic rings. The summed E-state index contributed by atoms with van der Waals surface area (Å²) in [6.07, 6.45) is 0. The molecule has 0 bridgehead atoms. The number of rotatable bonds is 7. The molecular weight excluding hydrogens is 445 g/mol. The van der Waals surface area contributed by atoms with Gasteiger partial charge in [0.15, 0.2) is 6.79 Å². The lowest BCUT2D eigenvalue weighted by atomic mass is 9.97. The lowest BCUT2D eigenvalue weighted by molar-refractivity contribution is -0.384. The van der Waals surface area contributed by atoms with Gasteiger partial charge in [0.05, 0.1) is 10.6 Å². The molecule has 0 saturated heterocycles. The number of carbonyl (C=O) groups excluding carboxylic acids is 1. The van der Waals surface area contributed by atoms with Crippen molar-refractivity contribution < 1.29 is 28.3 Å². The summed E-state index contributed by atoms with van der Waals surface area (Å²) in [5.74, 6) is -1.29. The first-order chi connectivity index (χ1) is 16.0. The van der Waals surface area contributed by atoms with Crippen LogP contribution >= 0.6 is 0 Å². The Morgan fingerprint density at radius 2 is 1.88 bits per heavy atom. The predicted molar refractivity (Wildman–Crippen MR) is 124 cm³/mol. The number of benzene rings is 2. The quantitative estimate of drug-likeness (QED) is 0.222. The third kappa shape index (κ3) is 5.65. The molecule has 34 heavy (non-hydrogen) atoms. The Morgan fingerprint density at radius 3 is 2.53 bits per heavy atom. The number of esters is 1. The van der Waals surface area contributed by atoms with Crippen molar-refractivity contribution in [2.24, 2.45) is 0 Å². The smallest absolute Gasteiger partial charge is 0.343 e. The highest BCUT2D eigenvalue weighted by Gasteiger charge is 2.26. The molecule has 0 aliphatic heterocycles. The van der Waals surface area contributed by atoms with Crippen molar-refractivity contribution in [1.82, 2.24) is 4.98 Å².